The van der Waals surface area contributed by atoms with Gasteiger partial charge >= 0.3 is 0 Å². The van der Waals surface area contributed by atoms with Crippen LogP contribution in [0.1, 0.15) is 16.8 Å². The van der Waals surface area contributed by atoms with E-state index in [2.05, 4.69) is 10.6 Å². The first-order valence-corrected chi connectivity index (χ1v) is 5.56. The second-order valence-corrected chi connectivity index (χ2v) is 4.34. The minimum absolute atomic E-state index is 0.205. The fourth-order valence-electron chi connectivity index (χ4n) is 1.83. The smallest absolute Gasteiger partial charge is 0.251 e. The number of carbonyl (C=O) groups excluding carboxylic acids is 1. The predicted molar refractivity (Wildman–Crippen MR) is 61.2 cm³/mol. The van der Waals surface area contributed by atoms with Crippen molar-refractivity contribution in [3.63, 3.8) is 0 Å². The molecule has 5 heteroatoms. The van der Waals surface area contributed by atoms with Crippen molar-refractivity contribution in [1.82, 2.24) is 10.6 Å². The maximum Gasteiger partial charge on any atom is 0.251 e. The molecule has 0 aliphatic carbocycles. The molecule has 0 aromatic heterocycles. The van der Waals surface area contributed by atoms with E-state index in [1.54, 1.807) is 0 Å². The van der Waals surface area contributed by atoms with Gasteiger partial charge in [0.05, 0.1) is 5.60 Å². The largest absolute Gasteiger partial charge is 0.387 e. The molecule has 2 rings (SSSR count). The van der Waals surface area contributed by atoms with E-state index in [0.29, 0.717) is 18.5 Å². The molecule has 92 valence electrons. The molecule has 0 spiro atoms. The van der Waals surface area contributed by atoms with Gasteiger partial charge in [0.15, 0.2) is 0 Å². The molecule has 1 aliphatic heterocycles. The van der Waals surface area contributed by atoms with Crippen LogP contribution in [0.15, 0.2) is 24.3 Å². The number of hydrogen-bond acceptors (Lipinski definition) is 3. The van der Waals surface area contributed by atoms with Gasteiger partial charge in [0, 0.05) is 18.7 Å². The highest BCUT2D eigenvalue weighted by molar-refractivity contribution is 5.94. The van der Waals surface area contributed by atoms with Crippen LogP contribution in [0.4, 0.5) is 4.39 Å². The Hall–Kier alpha value is -1.46. The lowest BCUT2D eigenvalue weighted by Gasteiger charge is -2.21. The van der Waals surface area contributed by atoms with E-state index in [9.17, 15) is 14.3 Å². The van der Waals surface area contributed by atoms with Crippen molar-refractivity contribution < 1.29 is 14.3 Å². The van der Waals surface area contributed by atoms with E-state index < -0.39 is 5.60 Å². The lowest BCUT2D eigenvalue weighted by atomic mass is 10.0. The number of benzene rings is 1. The highest BCUT2D eigenvalue weighted by Crippen LogP contribution is 2.12. The van der Waals surface area contributed by atoms with Gasteiger partial charge in [-0.25, -0.2) is 4.39 Å². The number of aliphatic hydroxyl groups is 1. The molecule has 1 unspecified atom stereocenters. The average Bonchev–Trinajstić information content (AvgIpc) is 2.75. The Balaban J connectivity index is 1.91. The van der Waals surface area contributed by atoms with E-state index in [1.807, 2.05) is 0 Å². The summed E-state index contributed by atoms with van der Waals surface area (Å²) in [5.74, 6) is -0.675. The standard InChI is InChI=1S/C12H15FN2O2/c13-10-3-1-9(2-4-10)11(16)15-8-12(17)5-6-14-7-12/h1-4,14,17H,5-8H2,(H,15,16). The van der Waals surface area contributed by atoms with Crippen LogP contribution in [0.3, 0.4) is 0 Å². The third-order valence-corrected chi connectivity index (χ3v) is 2.91. The maximum atomic E-state index is 12.7. The van der Waals surface area contributed by atoms with Crippen LogP contribution < -0.4 is 10.6 Å². The summed E-state index contributed by atoms with van der Waals surface area (Å²) in [7, 11) is 0. The molecule has 3 N–H and O–H groups in total. The van der Waals surface area contributed by atoms with Crippen LogP contribution in [0, 0.1) is 5.82 Å². The molecule has 0 bridgehead atoms. The van der Waals surface area contributed by atoms with E-state index in [4.69, 9.17) is 0 Å². The van der Waals surface area contributed by atoms with Crippen LogP contribution in [0.25, 0.3) is 0 Å². The van der Waals surface area contributed by atoms with Crippen molar-refractivity contribution in [2.24, 2.45) is 0 Å². The molecule has 4 nitrogen and oxygen atoms in total. The number of halogens is 1. The average molecular weight is 238 g/mol. The molecule has 1 aromatic rings. The molecule has 1 heterocycles. The predicted octanol–water partition coefficient (Wildman–Crippen LogP) is 0.280. The zero-order valence-electron chi connectivity index (χ0n) is 9.37. The number of β-amino-alcohol motifs (C(OH)–C–C–N with tert-alkyl or cyclic N) is 1. The summed E-state index contributed by atoms with van der Waals surface area (Å²) in [4.78, 5) is 11.7. The second kappa shape index (κ2) is 4.81. The molecule has 1 atom stereocenters. The van der Waals surface area contributed by atoms with E-state index >= 15 is 0 Å². The third-order valence-electron chi connectivity index (χ3n) is 2.91. The Labute approximate surface area is 98.8 Å². The molecular weight excluding hydrogens is 223 g/mol. The molecule has 1 aromatic carbocycles. The summed E-state index contributed by atoms with van der Waals surface area (Å²) >= 11 is 0. The van der Waals surface area contributed by atoms with Crippen molar-refractivity contribution in [1.29, 1.82) is 0 Å². The normalized spacial score (nSPS) is 23.6. The van der Waals surface area contributed by atoms with Crippen LogP contribution in [0.2, 0.25) is 0 Å². The quantitative estimate of drug-likeness (QED) is 0.709. The van der Waals surface area contributed by atoms with Gasteiger partial charge in [-0.3, -0.25) is 4.79 Å². The monoisotopic (exact) mass is 238 g/mol. The Morgan fingerprint density at radius 3 is 2.76 bits per heavy atom. The van der Waals surface area contributed by atoms with E-state index in [-0.39, 0.29) is 18.3 Å². The van der Waals surface area contributed by atoms with Gasteiger partial charge in [-0.05, 0) is 37.2 Å². The Kier molecular flexibility index (Phi) is 3.40. The molecule has 1 saturated heterocycles. The summed E-state index contributed by atoms with van der Waals surface area (Å²) in [6.07, 6.45) is 0.622. The number of rotatable bonds is 3. The van der Waals surface area contributed by atoms with Crippen LogP contribution >= 0.6 is 0 Å². The van der Waals surface area contributed by atoms with Gasteiger partial charge in [0.2, 0.25) is 0 Å². The van der Waals surface area contributed by atoms with Crippen molar-refractivity contribution in [3.8, 4) is 0 Å². The number of hydrogen-bond donors (Lipinski definition) is 3. The van der Waals surface area contributed by atoms with Gasteiger partial charge in [0.1, 0.15) is 5.82 Å². The Morgan fingerprint density at radius 1 is 1.47 bits per heavy atom. The van der Waals surface area contributed by atoms with Gasteiger partial charge < -0.3 is 15.7 Å². The van der Waals surface area contributed by atoms with Gasteiger partial charge in [-0.2, -0.15) is 0 Å². The van der Waals surface area contributed by atoms with Crippen molar-refractivity contribution >= 4 is 5.91 Å². The number of amides is 1. The summed E-state index contributed by atoms with van der Waals surface area (Å²) < 4.78 is 12.7. The maximum absolute atomic E-state index is 12.7. The van der Waals surface area contributed by atoms with Crippen LogP contribution in [0.5, 0.6) is 0 Å². The molecular formula is C12H15FN2O2. The minimum atomic E-state index is -0.865. The summed E-state index contributed by atoms with van der Waals surface area (Å²) in [5, 5.41) is 15.7. The lowest BCUT2D eigenvalue weighted by Crippen LogP contribution is -2.44. The van der Waals surface area contributed by atoms with Crippen molar-refractivity contribution in [2.75, 3.05) is 19.6 Å². The van der Waals surface area contributed by atoms with Gasteiger partial charge in [0.25, 0.3) is 5.91 Å². The third kappa shape index (κ3) is 3.01. The molecule has 0 radical (unpaired) electrons. The highest BCUT2D eigenvalue weighted by atomic mass is 19.1. The summed E-state index contributed by atoms with van der Waals surface area (Å²) in [5.41, 5.74) is -0.476. The summed E-state index contributed by atoms with van der Waals surface area (Å²) in [6.45, 7) is 1.44. The first-order valence-electron chi connectivity index (χ1n) is 5.56. The van der Waals surface area contributed by atoms with Gasteiger partial charge in [-0.15, -0.1) is 0 Å². The molecule has 1 amide bonds. The highest BCUT2D eigenvalue weighted by Gasteiger charge is 2.31. The topological polar surface area (TPSA) is 61.4 Å². The van der Waals surface area contributed by atoms with Crippen molar-refractivity contribution in [2.45, 2.75) is 12.0 Å². The first kappa shape index (κ1) is 12.0. The SMILES string of the molecule is O=C(NCC1(O)CCNC1)c1ccc(F)cc1. The molecule has 1 aliphatic rings. The summed E-state index contributed by atoms with van der Waals surface area (Å²) in [6, 6.07) is 5.31. The first-order chi connectivity index (χ1) is 8.09. The van der Waals surface area contributed by atoms with Crippen molar-refractivity contribution in [3.05, 3.63) is 35.6 Å². The van der Waals surface area contributed by atoms with Crippen LogP contribution in [-0.2, 0) is 0 Å². The molecule has 17 heavy (non-hydrogen) atoms. The van der Waals surface area contributed by atoms with E-state index in [0.717, 1.165) is 6.54 Å². The fraction of sp³-hybridized carbons (Fsp3) is 0.417. The lowest BCUT2D eigenvalue weighted by molar-refractivity contribution is 0.0562. The number of carbonyl (C=O) groups is 1. The van der Waals surface area contributed by atoms with Gasteiger partial charge in [-0.1, -0.05) is 0 Å². The zero-order valence-corrected chi connectivity index (χ0v) is 9.37. The second-order valence-electron chi connectivity index (χ2n) is 4.34. The van der Waals surface area contributed by atoms with Crippen LogP contribution in [-0.4, -0.2) is 36.2 Å². The Morgan fingerprint density at radius 2 is 2.18 bits per heavy atom. The zero-order chi connectivity index (χ0) is 12.3. The number of nitrogens with one attached hydrogen (secondary N) is 2. The van der Waals surface area contributed by atoms with E-state index in [1.165, 1.54) is 24.3 Å². The molecule has 1 fully saturated rings. The fourth-order valence-corrected chi connectivity index (χ4v) is 1.83. The molecule has 0 saturated carbocycles. The minimum Gasteiger partial charge on any atom is -0.387 e. The Bertz CT molecular complexity index is 399.